The van der Waals surface area contributed by atoms with E-state index in [4.69, 9.17) is 4.52 Å². The van der Waals surface area contributed by atoms with Gasteiger partial charge in [0, 0.05) is 30.7 Å². The molecular formula is C11H21N2O2P. The third-order valence-corrected chi connectivity index (χ3v) is 5.52. The van der Waals surface area contributed by atoms with Crippen LogP contribution in [-0.4, -0.2) is 28.5 Å². The number of nitrogens with zero attached hydrogens (tertiary/aromatic N) is 2. The van der Waals surface area contributed by atoms with Gasteiger partial charge in [0.15, 0.2) is 0 Å². The Balaban J connectivity index is 2.30. The van der Waals surface area contributed by atoms with E-state index in [0.29, 0.717) is 0 Å². The summed E-state index contributed by atoms with van der Waals surface area (Å²) in [5.41, 5.74) is -0.0880. The predicted octanol–water partition coefficient (Wildman–Crippen LogP) is 3.04. The Hall–Kier alpha value is -0.470. The van der Waals surface area contributed by atoms with Crippen LogP contribution in [0.3, 0.4) is 0 Å². The zero-order valence-electron chi connectivity index (χ0n) is 10.7. The van der Waals surface area contributed by atoms with Gasteiger partial charge in [0.2, 0.25) is 0 Å². The molecule has 2 aliphatic rings. The van der Waals surface area contributed by atoms with Crippen LogP contribution < -0.4 is 0 Å². The van der Waals surface area contributed by atoms with Crippen LogP contribution in [0.4, 0.5) is 0 Å². The van der Waals surface area contributed by atoms with E-state index < -0.39 is 7.67 Å². The average Bonchev–Trinajstić information content (AvgIpc) is 2.88. The summed E-state index contributed by atoms with van der Waals surface area (Å²) >= 11 is 0. The van der Waals surface area contributed by atoms with Crippen molar-refractivity contribution in [2.45, 2.75) is 40.7 Å². The third-order valence-electron chi connectivity index (χ3n) is 2.81. The third kappa shape index (κ3) is 1.89. The largest absolute Gasteiger partial charge is 0.422 e. The molecule has 1 saturated heterocycles. The molecule has 0 radical (unpaired) electrons. The summed E-state index contributed by atoms with van der Waals surface area (Å²) in [5, 5.41) is 0. The van der Waals surface area contributed by atoms with Crippen molar-refractivity contribution in [1.82, 2.24) is 9.34 Å². The predicted molar refractivity (Wildman–Crippen MR) is 64.8 cm³/mol. The Kier molecular flexibility index (Phi) is 2.63. The van der Waals surface area contributed by atoms with E-state index in [1.54, 1.807) is 0 Å². The highest BCUT2D eigenvalue weighted by Crippen LogP contribution is 2.65. The summed E-state index contributed by atoms with van der Waals surface area (Å²) in [6.07, 6.45) is 1.93. The molecule has 0 N–H and O–H groups in total. The summed E-state index contributed by atoms with van der Waals surface area (Å²) < 4.78 is 22.4. The lowest BCUT2D eigenvalue weighted by molar-refractivity contribution is 0.280. The molecule has 1 fully saturated rings. The minimum absolute atomic E-state index is 0.0880. The van der Waals surface area contributed by atoms with Gasteiger partial charge in [-0.1, -0.05) is 20.8 Å². The van der Waals surface area contributed by atoms with E-state index in [2.05, 4.69) is 20.8 Å². The molecule has 0 spiro atoms. The summed E-state index contributed by atoms with van der Waals surface area (Å²) in [5.74, 6) is 0.830. The van der Waals surface area contributed by atoms with Crippen molar-refractivity contribution in [3.05, 3.63) is 12.0 Å². The highest BCUT2D eigenvalue weighted by Gasteiger charge is 2.51. The van der Waals surface area contributed by atoms with Gasteiger partial charge in [0.1, 0.15) is 5.76 Å². The van der Waals surface area contributed by atoms with E-state index in [9.17, 15) is 4.57 Å². The van der Waals surface area contributed by atoms with Crippen LogP contribution >= 0.6 is 7.67 Å². The SMILES string of the molecule is CC(C)N1C=C(C(C)(C)C)OP1(=O)N1CC1. The Morgan fingerprint density at radius 3 is 2.31 bits per heavy atom. The van der Waals surface area contributed by atoms with Crippen LogP contribution in [0.15, 0.2) is 12.0 Å². The maximum absolute atomic E-state index is 12.8. The first-order valence-electron chi connectivity index (χ1n) is 5.81. The number of allylic oxidation sites excluding steroid dienone is 1. The van der Waals surface area contributed by atoms with Gasteiger partial charge >= 0.3 is 7.67 Å². The molecule has 0 bridgehead atoms. The van der Waals surface area contributed by atoms with Gasteiger partial charge in [-0.2, -0.15) is 0 Å². The fourth-order valence-electron chi connectivity index (χ4n) is 1.66. The topological polar surface area (TPSA) is 32.5 Å². The monoisotopic (exact) mass is 244 g/mol. The molecule has 1 atom stereocenters. The molecule has 16 heavy (non-hydrogen) atoms. The van der Waals surface area contributed by atoms with E-state index in [-0.39, 0.29) is 11.5 Å². The molecule has 0 aromatic carbocycles. The molecule has 4 nitrogen and oxygen atoms in total. The quantitative estimate of drug-likeness (QED) is 0.552. The van der Waals surface area contributed by atoms with Crippen molar-refractivity contribution in [2.24, 2.45) is 5.41 Å². The van der Waals surface area contributed by atoms with Crippen molar-refractivity contribution in [3.63, 3.8) is 0 Å². The summed E-state index contributed by atoms with van der Waals surface area (Å²) in [4.78, 5) is 0. The standard InChI is InChI=1S/C11H21N2O2P/c1-9(2)13-8-10(11(3,4)5)15-16(13,14)12-6-7-12/h8-9H,6-7H2,1-5H3. The normalized spacial score (nSPS) is 30.6. The van der Waals surface area contributed by atoms with Gasteiger partial charge in [-0.3, -0.25) is 4.67 Å². The van der Waals surface area contributed by atoms with E-state index in [1.165, 1.54) is 0 Å². The van der Waals surface area contributed by atoms with Crippen LogP contribution in [0.25, 0.3) is 0 Å². The fraction of sp³-hybridized carbons (Fsp3) is 0.818. The molecule has 0 amide bonds. The minimum atomic E-state index is -2.78. The Bertz CT molecular complexity index is 367. The molecule has 2 heterocycles. The van der Waals surface area contributed by atoms with Gasteiger partial charge in [-0.05, 0) is 13.8 Å². The molecule has 0 aromatic rings. The molecule has 92 valence electrons. The van der Waals surface area contributed by atoms with Crippen LogP contribution in [0, 0.1) is 5.41 Å². The van der Waals surface area contributed by atoms with Crippen molar-refractivity contribution >= 4 is 7.67 Å². The van der Waals surface area contributed by atoms with E-state index in [0.717, 1.165) is 18.8 Å². The molecular weight excluding hydrogens is 223 g/mol. The van der Waals surface area contributed by atoms with Gasteiger partial charge in [-0.25, -0.2) is 9.24 Å². The first-order valence-corrected chi connectivity index (χ1v) is 7.34. The fourth-order valence-corrected chi connectivity index (χ4v) is 4.17. The minimum Gasteiger partial charge on any atom is -0.420 e. The number of hydrogen-bond acceptors (Lipinski definition) is 2. The molecule has 0 aliphatic carbocycles. The number of hydrogen-bond donors (Lipinski definition) is 0. The summed E-state index contributed by atoms with van der Waals surface area (Å²) in [6.45, 7) is 12.1. The second-order valence-corrected chi connectivity index (χ2v) is 7.94. The molecule has 2 rings (SSSR count). The lowest BCUT2D eigenvalue weighted by atomic mass is 9.94. The first kappa shape index (κ1) is 12.0. The van der Waals surface area contributed by atoms with Gasteiger partial charge in [0.05, 0.1) is 0 Å². The lowest BCUT2D eigenvalue weighted by Crippen LogP contribution is -2.22. The zero-order valence-corrected chi connectivity index (χ0v) is 11.6. The maximum atomic E-state index is 12.8. The number of rotatable bonds is 2. The Morgan fingerprint density at radius 2 is 1.94 bits per heavy atom. The molecule has 5 heteroatoms. The lowest BCUT2D eigenvalue weighted by Gasteiger charge is -2.28. The second kappa shape index (κ2) is 3.51. The van der Waals surface area contributed by atoms with Crippen LogP contribution in [0.1, 0.15) is 34.6 Å². The molecule has 1 unspecified atom stereocenters. The molecule has 0 saturated carbocycles. The summed E-state index contributed by atoms with van der Waals surface area (Å²) in [6, 6.07) is 0.200. The Labute approximate surface area is 97.8 Å². The highest BCUT2D eigenvalue weighted by atomic mass is 31.2. The van der Waals surface area contributed by atoms with Crippen LogP contribution in [-0.2, 0) is 9.09 Å². The van der Waals surface area contributed by atoms with Crippen LogP contribution in [0.2, 0.25) is 0 Å². The van der Waals surface area contributed by atoms with Crippen LogP contribution in [0.5, 0.6) is 0 Å². The van der Waals surface area contributed by atoms with Crippen molar-refractivity contribution in [3.8, 4) is 0 Å². The highest BCUT2D eigenvalue weighted by molar-refractivity contribution is 7.54. The summed E-state index contributed by atoms with van der Waals surface area (Å²) in [7, 11) is -2.78. The second-order valence-electron chi connectivity index (χ2n) is 5.75. The Morgan fingerprint density at radius 1 is 1.38 bits per heavy atom. The molecule has 2 aliphatic heterocycles. The van der Waals surface area contributed by atoms with Gasteiger partial charge < -0.3 is 4.52 Å². The van der Waals surface area contributed by atoms with Crippen molar-refractivity contribution in [2.75, 3.05) is 13.1 Å². The van der Waals surface area contributed by atoms with Gasteiger partial charge in [0.25, 0.3) is 0 Å². The zero-order chi connectivity index (χ0) is 12.1. The smallest absolute Gasteiger partial charge is 0.420 e. The van der Waals surface area contributed by atoms with Crippen molar-refractivity contribution < 1.29 is 9.09 Å². The first-order chi connectivity index (χ1) is 7.25. The maximum Gasteiger partial charge on any atom is 0.422 e. The molecule has 0 aromatic heterocycles. The average molecular weight is 244 g/mol. The van der Waals surface area contributed by atoms with Crippen molar-refractivity contribution in [1.29, 1.82) is 0 Å². The van der Waals surface area contributed by atoms with Gasteiger partial charge in [-0.15, -0.1) is 0 Å². The van der Waals surface area contributed by atoms with E-state index >= 15 is 0 Å². The van der Waals surface area contributed by atoms with E-state index in [1.807, 2.05) is 29.4 Å².